The van der Waals surface area contributed by atoms with Crippen LogP contribution in [0.3, 0.4) is 0 Å². The minimum Gasteiger partial charge on any atom is -0.497 e. The number of likely N-dealkylation sites (N-methyl/N-ethyl adjacent to an activating group) is 1. The van der Waals surface area contributed by atoms with E-state index in [0.29, 0.717) is 19.0 Å². The van der Waals surface area contributed by atoms with Crippen molar-refractivity contribution in [2.24, 2.45) is 0 Å². The molecule has 3 aromatic rings. The maximum Gasteiger partial charge on any atom is 0.573 e. The molecule has 240 valence electrons. The smallest absolute Gasteiger partial charge is 0.497 e. The first-order valence-corrected chi connectivity index (χ1v) is 16.1. The van der Waals surface area contributed by atoms with Gasteiger partial charge in [0.05, 0.1) is 24.9 Å². The monoisotopic (exact) mass is 759 g/mol. The number of alkyl halides is 3. The third kappa shape index (κ3) is 5.53. The van der Waals surface area contributed by atoms with Crippen LogP contribution in [0.15, 0.2) is 65.6 Å². The molecule has 3 aromatic carbocycles. The first-order valence-electron chi connectivity index (χ1n) is 13.6. The van der Waals surface area contributed by atoms with E-state index in [1.165, 1.54) is 37.1 Å². The van der Waals surface area contributed by atoms with E-state index in [1.54, 1.807) is 43.3 Å². The predicted octanol–water partition coefficient (Wildman–Crippen LogP) is 4.01. The van der Waals surface area contributed by atoms with Gasteiger partial charge >= 0.3 is 6.36 Å². The second-order valence-electron chi connectivity index (χ2n) is 10.9. The van der Waals surface area contributed by atoms with Gasteiger partial charge < -0.3 is 19.5 Å². The topological polar surface area (TPSA) is 117 Å². The lowest BCUT2D eigenvalue weighted by molar-refractivity contribution is -0.275. The number of β-amino-alcohol motifs (C(OH)–C–C–N with tert-alkyl or cyclic N) is 1. The van der Waals surface area contributed by atoms with Gasteiger partial charge in [-0.3, -0.25) is 14.5 Å². The van der Waals surface area contributed by atoms with E-state index in [9.17, 15) is 31.5 Å². The van der Waals surface area contributed by atoms with Crippen molar-refractivity contribution in [3.8, 4) is 11.5 Å². The molecule has 10 nitrogen and oxygen atoms in total. The van der Waals surface area contributed by atoms with Crippen molar-refractivity contribution in [2.45, 2.75) is 42.3 Å². The first kappa shape index (κ1) is 33.0. The number of benzene rings is 3. The van der Waals surface area contributed by atoms with Crippen molar-refractivity contribution < 1.29 is 45.8 Å². The molecule has 0 aliphatic carbocycles. The van der Waals surface area contributed by atoms with Crippen LogP contribution in [0.5, 0.6) is 11.5 Å². The largest absolute Gasteiger partial charge is 0.573 e. The van der Waals surface area contributed by atoms with Crippen molar-refractivity contribution in [1.82, 2.24) is 9.80 Å². The van der Waals surface area contributed by atoms with Crippen LogP contribution in [0, 0.1) is 10.5 Å². The van der Waals surface area contributed by atoms with Gasteiger partial charge in [-0.15, -0.1) is 13.2 Å². The predicted molar refractivity (Wildman–Crippen MR) is 165 cm³/mol. The number of hydrogen-bond donors (Lipinski definition) is 1. The summed E-state index contributed by atoms with van der Waals surface area (Å²) in [6.45, 7) is 1.55. The van der Waals surface area contributed by atoms with E-state index < -0.39 is 56.5 Å². The molecule has 2 aliphatic rings. The van der Waals surface area contributed by atoms with E-state index in [1.807, 2.05) is 22.6 Å². The van der Waals surface area contributed by atoms with Crippen LogP contribution < -0.4 is 13.8 Å². The highest BCUT2D eigenvalue weighted by molar-refractivity contribution is 14.1. The van der Waals surface area contributed by atoms with Gasteiger partial charge in [-0.2, -0.15) is 0 Å². The lowest BCUT2D eigenvalue weighted by atomic mass is 9.79. The van der Waals surface area contributed by atoms with E-state index in [-0.39, 0.29) is 30.0 Å². The molecule has 1 unspecified atom stereocenters. The highest BCUT2D eigenvalue weighted by Gasteiger charge is 2.63. The molecule has 0 bridgehead atoms. The summed E-state index contributed by atoms with van der Waals surface area (Å²) in [7, 11) is -0.866. The summed E-state index contributed by atoms with van der Waals surface area (Å²) in [4.78, 5) is 30.6. The number of carbonyl (C=O) groups excluding carboxylic acids is 2. The summed E-state index contributed by atoms with van der Waals surface area (Å²) in [5.41, 5.74) is -0.967. The maximum absolute atomic E-state index is 15.1. The SMILES string of the molecule is COc1ccc(S(=O)(=O)N2C(=O)C(c3ccccc3C)(N3C[C@H](O)C[C@H]3C(=O)N(C)C)c3cc(I)ccc32)c(OC(F)(F)F)c1. The molecule has 0 spiro atoms. The van der Waals surface area contributed by atoms with Gasteiger partial charge in [-0.05, 0) is 77.4 Å². The number of ether oxygens (including phenoxy) is 2. The van der Waals surface area contributed by atoms with Gasteiger partial charge in [0, 0.05) is 35.8 Å². The number of halogens is 4. The number of carbonyl (C=O) groups is 2. The van der Waals surface area contributed by atoms with Gasteiger partial charge in [0.1, 0.15) is 10.6 Å². The standard InChI is InChI=1S/C30H29F3IN3O7S/c1-17-7-5-6-8-21(17)29(36-16-19(38)14-24(36)27(39)35(2)3)22-13-18(34)9-11-23(22)37(28(29)40)45(41,42)26-12-10-20(43-4)15-25(26)44-30(31,32)33/h5-13,15,19,24,38H,14,16H2,1-4H3/t19-,24+,29?/m1/s1. The van der Waals surface area contributed by atoms with Gasteiger partial charge in [0.2, 0.25) is 5.91 Å². The minimum absolute atomic E-state index is 0.0357. The Labute approximate surface area is 271 Å². The molecule has 1 saturated heterocycles. The number of aliphatic hydroxyl groups is 1. The normalized spacial score (nSPS) is 22.0. The number of sulfonamides is 1. The van der Waals surface area contributed by atoms with Crippen molar-refractivity contribution in [3.05, 3.63) is 80.9 Å². The first-order chi connectivity index (χ1) is 21.0. The fourth-order valence-electron chi connectivity index (χ4n) is 6.10. The van der Waals surface area contributed by atoms with Crippen LogP contribution in [0.4, 0.5) is 18.9 Å². The summed E-state index contributed by atoms with van der Waals surface area (Å²) in [6.07, 6.45) is -6.35. The van der Waals surface area contributed by atoms with Gasteiger partial charge in [0.25, 0.3) is 15.9 Å². The molecule has 1 fully saturated rings. The Hall–Kier alpha value is -3.41. The van der Waals surface area contributed by atoms with Gasteiger partial charge in [-0.25, -0.2) is 12.7 Å². The number of methoxy groups -OCH3 is 1. The van der Waals surface area contributed by atoms with Crippen LogP contribution >= 0.6 is 22.6 Å². The van der Waals surface area contributed by atoms with E-state index in [0.717, 1.165) is 18.2 Å². The fourth-order valence-corrected chi connectivity index (χ4v) is 8.16. The summed E-state index contributed by atoms with van der Waals surface area (Å²) in [5, 5.41) is 10.9. The molecular formula is C30H29F3IN3O7S. The third-order valence-corrected chi connectivity index (χ3v) is 10.3. The van der Waals surface area contributed by atoms with Gasteiger partial charge in [-0.1, -0.05) is 24.3 Å². The quantitative estimate of drug-likeness (QED) is 0.360. The lowest BCUT2D eigenvalue weighted by Gasteiger charge is -2.42. The van der Waals surface area contributed by atoms with Crippen LogP contribution in [0.2, 0.25) is 0 Å². The van der Waals surface area contributed by atoms with Crippen LogP contribution in [0.25, 0.3) is 0 Å². The molecule has 3 atom stereocenters. The fraction of sp³-hybridized carbons (Fsp3) is 0.333. The molecule has 0 radical (unpaired) electrons. The number of fused-ring (bicyclic) bond motifs is 1. The highest BCUT2D eigenvalue weighted by Crippen LogP contribution is 2.54. The molecule has 2 heterocycles. The van der Waals surface area contributed by atoms with Gasteiger partial charge in [0.15, 0.2) is 11.3 Å². The number of amides is 2. The minimum atomic E-state index is -5.27. The number of aliphatic hydroxyl groups excluding tert-OH is 1. The highest BCUT2D eigenvalue weighted by atomic mass is 127. The number of anilines is 1. The van der Waals surface area contributed by atoms with Crippen LogP contribution in [0.1, 0.15) is 23.1 Å². The third-order valence-electron chi connectivity index (χ3n) is 7.93. The molecule has 1 N–H and O–H groups in total. The molecule has 5 rings (SSSR count). The molecule has 2 amide bonds. The summed E-state index contributed by atoms with van der Waals surface area (Å²) in [5.74, 6) is -2.67. The summed E-state index contributed by atoms with van der Waals surface area (Å²) in [6, 6.07) is 13.1. The van der Waals surface area contributed by atoms with Crippen molar-refractivity contribution in [3.63, 3.8) is 0 Å². The van der Waals surface area contributed by atoms with Crippen LogP contribution in [-0.2, 0) is 25.2 Å². The number of rotatable bonds is 7. The average Bonchev–Trinajstić information content (AvgIpc) is 3.46. The second kappa shape index (κ2) is 11.7. The zero-order valence-electron chi connectivity index (χ0n) is 24.5. The Balaban J connectivity index is 1.84. The Kier molecular flexibility index (Phi) is 8.61. The Morgan fingerprint density at radius 3 is 2.40 bits per heavy atom. The molecule has 0 aromatic heterocycles. The molecule has 15 heteroatoms. The second-order valence-corrected chi connectivity index (χ2v) is 13.9. The van der Waals surface area contributed by atoms with Crippen molar-refractivity contribution >= 4 is 50.1 Å². The lowest BCUT2D eigenvalue weighted by Crippen LogP contribution is -2.59. The van der Waals surface area contributed by atoms with Crippen molar-refractivity contribution in [2.75, 3.05) is 32.1 Å². The molecular weight excluding hydrogens is 730 g/mol. The molecule has 45 heavy (non-hydrogen) atoms. The zero-order chi connectivity index (χ0) is 33.1. The Bertz CT molecular complexity index is 1790. The maximum atomic E-state index is 15.1. The van der Waals surface area contributed by atoms with Crippen molar-refractivity contribution in [1.29, 1.82) is 0 Å². The number of aryl methyl sites for hydroxylation is 1. The molecule has 2 aliphatic heterocycles. The zero-order valence-corrected chi connectivity index (χ0v) is 27.5. The van der Waals surface area contributed by atoms with Crippen LogP contribution in [-0.4, -0.2) is 81.4 Å². The summed E-state index contributed by atoms with van der Waals surface area (Å²) < 4.78 is 79.6. The van der Waals surface area contributed by atoms with E-state index >= 15 is 4.79 Å². The number of likely N-dealkylation sites (tertiary alicyclic amines) is 1. The number of hydrogen-bond acceptors (Lipinski definition) is 8. The van der Waals surface area contributed by atoms with E-state index in [4.69, 9.17) is 4.74 Å². The average molecular weight is 760 g/mol. The molecule has 0 saturated carbocycles. The van der Waals surface area contributed by atoms with E-state index in [2.05, 4.69) is 4.74 Å². The summed E-state index contributed by atoms with van der Waals surface area (Å²) >= 11 is 2.01. The number of nitrogens with zero attached hydrogens (tertiary/aromatic N) is 3. The Morgan fingerprint density at radius 1 is 1.09 bits per heavy atom. The Morgan fingerprint density at radius 2 is 1.78 bits per heavy atom.